The number of imidazole rings is 1. The second-order valence-electron chi connectivity index (χ2n) is 5.68. The Balaban J connectivity index is 2.10. The van der Waals surface area contributed by atoms with Gasteiger partial charge < -0.3 is 9.67 Å². The van der Waals surface area contributed by atoms with Crippen LogP contribution >= 0.6 is 11.6 Å². The van der Waals surface area contributed by atoms with Gasteiger partial charge in [0.2, 0.25) is 0 Å². The third-order valence-corrected chi connectivity index (χ3v) is 4.14. The highest BCUT2D eigenvalue weighted by atomic mass is 35.5. The van der Waals surface area contributed by atoms with Crippen molar-refractivity contribution < 1.29 is 9.90 Å². The van der Waals surface area contributed by atoms with E-state index in [-0.39, 0.29) is 11.6 Å². The van der Waals surface area contributed by atoms with Crippen molar-refractivity contribution in [2.75, 3.05) is 0 Å². The molecule has 0 aliphatic rings. The SMILES string of the molecule is Cc1ccc(-c2nc(Cl)c(CC(=O)O)n2Cc2ccccc2)cc1. The molecule has 5 heteroatoms. The summed E-state index contributed by atoms with van der Waals surface area (Å²) in [7, 11) is 0. The van der Waals surface area contributed by atoms with E-state index in [1.54, 1.807) is 0 Å². The second kappa shape index (κ2) is 6.89. The number of aryl methyl sites for hydroxylation is 1. The molecule has 0 atom stereocenters. The highest BCUT2D eigenvalue weighted by molar-refractivity contribution is 6.30. The molecule has 1 N–H and O–H groups in total. The standard InChI is InChI=1S/C19H17ClN2O2/c1-13-7-9-15(10-8-13)19-21-18(20)16(11-17(23)24)22(19)12-14-5-3-2-4-6-14/h2-10H,11-12H2,1H3,(H,23,24). The maximum absolute atomic E-state index is 11.2. The summed E-state index contributed by atoms with van der Waals surface area (Å²) in [5, 5.41) is 9.44. The molecule has 1 heterocycles. The normalized spacial score (nSPS) is 10.8. The second-order valence-corrected chi connectivity index (χ2v) is 6.04. The van der Waals surface area contributed by atoms with E-state index in [1.165, 1.54) is 0 Å². The molecule has 0 amide bonds. The number of hydrogen-bond donors (Lipinski definition) is 1. The summed E-state index contributed by atoms with van der Waals surface area (Å²) in [6.07, 6.45) is -0.162. The van der Waals surface area contributed by atoms with Crippen molar-refractivity contribution in [1.82, 2.24) is 9.55 Å². The number of aliphatic carboxylic acids is 1. The molecular formula is C19H17ClN2O2. The predicted octanol–water partition coefficient (Wildman–Crippen LogP) is 4.19. The lowest BCUT2D eigenvalue weighted by molar-refractivity contribution is -0.136. The lowest BCUT2D eigenvalue weighted by Crippen LogP contribution is -2.10. The van der Waals surface area contributed by atoms with Gasteiger partial charge in [-0.1, -0.05) is 71.8 Å². The molecule has 3 aromatic rings. The fraction of sp³-hybridized carbons (Fsp3) is 0.158. The molecule has 0 unspecified atom stereocenters. The minimum Gasteiger partial charge on any atom is -0.481 e. The summed E-state index contributed by atoms with van der Waals surface area (Å²) >= 11 is 6.25. The topological polar surface area (TPSA) is 55.1 Å². The van der Waals surface area contributed by atoms with Gasteiger partial charge >= 0.3 is 5.97 Å². The summed E-state index contributed by atoms with van der Waals surface area (Å²) in [6, 6.07) is 17.8. The summed E-state index contributed by atoms with van der Waals surface area (Å²) in [5.74, 6) is -0.248. The van der Waals surface area contributed by atoms with Gasteiger partial charge in [-0.3, -0.25) is 4.79 Å². The van der Waals surface area contributed by atoms with Gasteiger partial charge in [-0.25, -0.2) is 4.98 Å². The number of carboxylic acids is 1. The monoisotopic (exact) mass is 340 g/mol. The fourth-order valence-corrected chi connectivity index (χ4v) is 2.88. The zero-order valence-electron chi connectivity index (χ0n) is 13.2. The Bertz CT molecular complexity index is 855. The Morgan fingerprint density at radius 1 is 1.12 bits per heavy atom. The van der Waals surface area contributed by atoms with Crippen LogP contribution in [-0.2, 0) is 17.8 Å². The van der Waals surface area contributed by atoms with Crippen molar-refractivity contribution in [1.29, 1.82) is 0 Å². The van der Waals surface area contributed by atoms with Crippen molar-refractivity contribution in [2.24, 2.45) is 0 Å². The zero-order chi connectivity index (χ0) is 17.1. The molecule has 0 radical (unpaired) electrons. The first-order chi connectivity index (χ1) is 11.5. The van der Waals surface area contributed by atoms with Crippen molar-refractivity contribution >= 4 is 17.6 Å². The van der Waals surface area contributed by atoms with E-state index in [2.05, 4.69) is 4.98 Å². The Hall–Kier alpha value is -2.59. The lowest BCUT2D eigenvalue weighted by Gasteiger charge is -2.12. The van der Waals surface area contributed by atoms with E-state index >= 15 is 0 Å². The van der Waals surface area contributed by atoms with E-state index < -0.39 is 5.97 Å². The third-order valence-electron chi connectivity index (χ3n) is 3.84. The van der Waals surface area contributed by atoms with E-state index in [4.69, 9.17) is 11.6 Å². The van der Waals surface area contributed by atoms with Crippen LogP contribution in [0.2, 0.25) is 5.15 Å². The van der Waals surface area contributed by atoms with E-state index in [0.29, 0.717) is 18.1 Å². The molecule has 0 saturated heterocycles. The van der Waals surface area contributed by atoms with Crippen molar-refractivity contribution in [3.8, 4) is 11.4 Å². The predicted molar refractivity (Wildman–Crippen MR) is 94.3 cm³/mol. The van der Waals surface area contributed by atoms with Gasteiger partial charge in [-0.15, -0.1) is 0 Å². The Kier molecular flexibility index (Phi) is 4.67. The molecule has 0 bridgehead atoms. The molecule has 0 fully saturated rings. The van der Waals surface area contributed by atoms with E-state index in [1.807, 2.05) is 66.1 Å². The number of benzene rings is 2. The molecule has 0 aliphatic carbocycles. The van der Waals surface area contributed by atoms with Gasteiger partial charge in [0, 0.05) is 12.1 Å². The van der Waals surface area contributed by atoms with Crippen LogP contribution in [0.25, 0.3) is 11.4 Å². The highest BCUT2D eigenvalue weighted by Gasteiger charge is 2.19. The number of carboxylic acid groups (broad SMARTS) is 1. The average molecular weight is 341 g/mol. The van der Waals surface area contributed by atoms with Gasteiger partial charge in [0.1, 0.15) is 5.82 Å². The Morgan fingerprint density at radius 3 is 2.42 bits per heavy atom. The Morgan fingerprint density at radius 2 is 1.79 bits per heavy atom. The fourth-order valence-electron chi connectivity index (χ4n) is 2.63. The molecule has 2 aromatic carbocycles. The third kappa shape index (κ3) is 3.49. The molecule has 0 saturated carbocycles. The number of aromatic nitrogens is 2. The van der Waals surface area contributed by atoms with Crippen LogP contribution in [0.15, 0.2) is 54.6 Å². The highest BCUT2D eigenvalue weighted by Crippen LogP contribution is 2.27. The van der Waals surface area contributed by atoms with Crippen LogP contribution in [0.3, 0.4) is 0 Å². The van der Waals surface area contributed by atoms with Crippen LogP contribution in [0.1, 0.15) is 16.8 Å². The molecular weight excluding hydrogens is 324 g/mol. The van der Waals surface area contributed by atoms with Crippen LogP contribution in [-0.4, -0.2) is 20.6 Å². The molecule has 24 heavy (non-hydrogen) atoms. The maximum atomic E-state index is 11.2. The quantitative estimate of drug-likeness (QED) is 0.757. The van der Waals surface area contributed by atoms with Crippen LogP contribution in [0.5, 0.6) is 0 Å². The maximum Gasteiger partial charge on any atom is 0.309 e. The summed E-state index contributed by atoms with van der Waals surface area (Å²) < 4.78 is 1.89. The van der Waals surface area contributed by atoms with Crippen LogP contribution < -0.4 is 0 Å². The summed E-state index contributed by atoms with van der Waals surface area (Å²) in [6.45, 7) is 2.54. The number of hydrogen-bond acceptors (Lipinski definition) is 2. The molecule has 0 spiro atoms. The summed E-state index contributed by atoms with van der Waals surface area (Å²) in [5.41, 5.74) is 3.64. The smallest absolute Gasteiger partial charge is 0.309 e. The minimum absolute atomic E-state index is 0.162. The number of rotatable bonds is 5. The van der Waals surface area contributed by atoms with Crippen molar-refractivity contribution in [3.63, 3.8) is 0 Å². The van der Waals surface area contributed by atoms with Gasteiger partial charge in [-0.05, 0) is 12.5 Å². The van der Waals surface area contributed by atoms with Gasteiger partial charge in [0.15, 0.2) is 5.15 Å². The number of nitrogens with zero attached hydrogens (tertiary/aromatic N) is 2. The molecule has 4 nitrogen and oxygen atoms in total. The molecule has 122 valence electrons. The minimum atomic E-state index is -0.929. The first-order valence-electron chi connectivity index (χ1n) is 7.62. The van der Waals surface area contributed by atoms with Crippen molar-refractivity contribution in [3.05, 3.63) is 76.6 Å². The summed E-state index contributed by atoms with van der Waals surface area (Å²) in [4.78, 5) is 15.6. The first kappa shape index (κ1) is 16.3. The number of halogens is 1. The first-order valence-corrected chi connectivity index (χ1v) is 8.00. The molecule has 1 aromatic heterocycles. The van der Waals surface area contributed by atoms with Gasteiger partial charge in [0.05, 0.1) is 12.1 Å². The van der Waals surface area contributed by atoms with Crippen LogP contribution in [0, 0.1) is 6.92 Å². The van der Waals surface area contributed by atoms with Gasteiger partial charge in [-0.2, -0.15) is 0 Å². The van der Waals surface area contributed by atoms with E-state index in [9.17, 15) is 9.90 Å². The number of carbonyl (C=O) groups is 1. The zero-order valence-corrected chi connectivity index (χ0v) is 14.0. The Labute approximate surface area is 145 Å². The lowest BCUT2D eigenvalue weighted by atomic mass is 10.1. The van der Waals surface area contributed by atoms with E-state index in [0.717, 1.165) is 16.7 Å². The largest absolute Gasteiger partial charge is 0.481 e. The average Bonchev–Trinajstić information content (AvgIpc) is 2.85. The van der Waals surface area contributed by atoms with Crippen molar-refractivity contribution in [2.45, 2.75) is 19.9 Å². The van der Waals surface area contributed by atoms with Gasteiger partial charge in [0.25, 0.3) is 0 Å². The molecule has 3 rings (SSSR count). The van der Waals surface area contributed by atoms with Crippen LogP contribution in [0.4, 0.5) is 0 Å². The molecule has 0 aliphatic heterocycles.